The minimum absolute atomic E-state index is 0.103. The van der Waals surface area contributed by atoms with E-state index in [9.17, 15) is 9.59 Å². The van der Waals surface area contributed by atoms with E-state index in [2.05, 4.69) is 21.2 Å². The highest BCUT2D eigenvalue weighted by atomic mass is 79.9. The van der Waals surface area contributed by atoms with Crippen molar-refractivity contribution in [3.8, 4) is 5.75 Å². The number of methoxy groups -OCH3 is 2. The van der Waals surface area contributed by atoms with Gasteiger partial charge in [-0.05, 0) is 51.5 Å². The van der Waals surface area contributed by atoms with Crippen LogP contribution in [0.15, 0.2) is 40.2 Å². The van der Waals surface area contributed by atoms with Crippen LogP contribution in [-0.2, 0) is 20.7 Å². The van der Waals surface area contributed by atoms with Gasteiger partial charge in [0.15, 0.2) is 0 Å². The molecule has 0 spiro atoms. The Bertz CT molecular complexity index is 718. The van der Waals surface area contributed by atoms with Gasteiger partial charge in [-0.1, -0.05) is 12.1 Å². The number of rotatable bonds is 8. The Morgan fingerprint density at radius 1 is 1.28 bits per heavy atom. The molecule has 1 amide bonds. The molecule has 134 valence electrons. The highest BCUT2D eigenvalue weighted by molar-refractivity contribution is 9.10. The summed E-state index contributed by atoms with van der Waals surface area (Å²) >= 11 is 4.94. The summed E-state index contributed by atoms with van der Waals surface area (Å²) in [6, 6.07) is 9.18. The molecule has 0 bridgehead atoms. The Morgan fingerprint density at radius 2 is 2.08 bits per heavy atom. The summed E-state index contributed by atoms with van der Waals surface area (Å²) in [4.78, 5) is 24.8. The average molecular weight is 426 g/mol. The van der Waals surface area contributed by atoms with Crippen LogP contribution >= 0.6 is 27.3 Å². The van der Waals surface area contributed by atoms with Crippen molar-refractivity contribution < 1.29 is 19.1 Å². The lowest BCUT2D eigenvalue weighted by Gasteiger charge is -2.16. The van der Waals surface area contributed by atoms with Crippen LogP contribution in [0.2, 0.25) is 0 Å². The summed E-state index contributed by atoms with van der Waals surface area (Å²) in [7, 11) is 2.95. The fourth-order valence-electron chi connectivity index (χ4n) is 2.35. The Morgan fingerprint density at radius 3 is 2.68 bits per heavy atom. The predicted molar refractivity (Wildman–Crippen MR) is 101 cm³/mol. The number of halogens is 1. The summed E-state index contributed by atoms with van der Waals surface area (Å²) in [6.07, 6.45) is 1.06. The van der Waals surface area contributed by atoms with Crippen molar-refractivity contribution in [1.82, 2.24) is 5.32 Å². The number of aryl methyl sites for hydroxylation is 1. The number of hydrogen-bond acceptors (Lipinski definition) is 5. The molecule has 1 N–H and O–H groups in total. The Kier molecular flexibility index (Phi) is 7.46. The van der Waals surface area contributed by atoms with Crippen molar-refractivity contribution in [1.29, 1.82) is 0 Å². The molecule has 25 heavy (non-hydrogen) atoms. The third-order valence-corrected chi connectivity index (χ3v) is 5.28. The normalized spacial score (nSPS) is 11.6. The number of hydrogen-bond donors (Lipinski definition) is 1. The smallest absolute Gasteiger partial charge is 0.307 e. The van der Waals surface area contributed by atoms with Gasteiger partial charge in [0.25, 0.3) is 0 Å². The second-order valence-electron chi connectivity index (χ2n) is 5.38. The number of thiophene rings is 1. The van der Waals surface area contributed by atoms with Crippen molar-refractivity contribution in [2.45, 2.75) is 25.3 Å². The molecular weight excluding hydrogens is 406 g/mol. The molecule has 1 aromatic heterocycles. The molecule has 1 aromatic carbocycles. The van der Waals surface area contributed by atoms with Gasteiger partial charge in [-0.2, -0.15) is 0 Å². The Hall–Kier alpha value is -1.86. The molecule has 2 rings (SSSR count). The van der Waals surface area contributed by atoms with Crippen molar-refractivity contribution >= 4 is 39.1 Å². The maximum absolute atomic E-state index is 12.3. The van der Waals surface area contributed by atoms with Crippen molar-refractivity contribution in [2.24, 2.45) is 0 Å². The monoisotopic (exact) mass is 425 g/mol. The van der Waals surface area contributed by atoms with Crippen molar-refractivity contribution in [3.63, 3.8) is 0 Å². The molecule has 5 nitrogen and oxygen atoms in total. The zero-order valence-corrected chi connectivity index (χ0v) is 16.5. The Labute approximate surface area is 159 Å². The van der Waals surface area contributed by atoms with E-state index in [1.165, 1.54) is 18.4 Å². The lowest BCUT2D eigenvalue weighted by atomic mass is 10.1. The first-order valence-electron chi connectivity index (χ1n) is 7.75. The van der Waals surface area contributed by atoms with Crippen LogP contribution in [0.1, 0.15) is 29.3 Å². The standard InChI is InChI=1S/C18H20BrNO4S/c1-23-15-7-5-12(10-13(15)19)6-8-17(21)20-14(11-18(22)24-2)16-4-3-9-25-16/h3-5,7,9-10,14H,6,8,11H2,1-2H3,(H,20,21). The van der Waals surface area contributed by atoms with E-state index in [4.69, 9.17) is 9.47 Å². The van der Waals surface area contributed by atoms with Crippen LogP contribution in [0, 0.1) is 0 Å². The quantitative estimate of drug-likeness (QED) is 0.651. The number of ether oxygens (including phenoxy) is 2. The van der Waals surface area contributed by atoms with Gasteiger partial charge >= 0.3 is 5.97 Å². The van der Waals surface area contributed by atoms with E-state index in [1.54, 1.807) is 7.11 Å². The van der Waals surface area contributed by atoms with Gasteiger partial charge in [-0.3, -0.25) is 9.59 Å². The first-order chi connectivity index (χ1) is 12.0. The van der Waals surface area contributed by atoms with E-state index in [0.717, 1.165) is 20.7 Å². The van der Waals surface area contributed by atoms with Gasteiger partial charge in [-0.15, -0.1) is 11.3 Å². The minimum atomic E-state index is -0.359. The first kappa shape index (κ1) is 19.5. The molecule has 0 fully saturated rings. The van der Waals surface area contributed by atoms with E-state index in [-0.39, 0.29) is 24.3 Å². The highest BCUT2D eigenvalue weighted by Gasteiger charge is 2.19. The van der Waals surface area contributed by atoms with Gasteiger partial charge in [0.1, 0.15) is 5.75 Å². The second-order valence-corrected chi connectivity index (χ2v) is 7.22. The number of benzene rings is 1. The third kappa shape index (κ3) is 5.86. The fourth-order valence-corrected chi connectivity index (χ4v) is 3.72. The lowest BCUT2D eigenvalue weighted by molar-refractivity contribution is -0.141. The van der Waals surface area contributed by atoms with Crippen LogP contribution < -0.4 is 10.1 Å². The molecule has 0 saturated carbocycles. The van der Waals surface area contributed by atoms with Crippen LogP contribution in [0.3, 0.4) is 0 Å². The van der Waals surface area contributed by atoms with Crippen LogP contribution in [0.5, 0.6) is 5.75 Å². The minimum Gasteiger partial charge on any atom is -0.496 e. The number of nitrogens with one attached hydrogen (secondary N) is 1. The predicted octanol–water partition coefficient (Wildman–Crippen LogP) is 3.87. The van der Waals surface area contributed by atoms with Crippen LogP contribution in [0.4, 0.5) is 0 Å². The third-order valence-electron chi connectivity index (χ3n) is 3.68. The first-order valence-corrected chi connectivity index (χ1v) is 9.42. The molecule has 0 aliphatic carbocycles. The van der Waals surface area contributed by atoms with Gasteiger partial charge < -0.3 is 14.8 Å². The summed E-state index contributed by atoms with van der Waals surface area (Å²) in [5.41, 5.74) is 1.03. The van der Waals surface area contributed by atoms with Gasteiger partial charge in [0, 0.05) is 11.3 Å². The molecule has 1 unspecified atom stereocenters. The molecule has 1 atom stereocenters. The van der Waals surface area contributed by atoms with Crippen molar-refractivity contribution in [2.75, 3.05) is 14.2 Å². The van der Waals surface area contributed by atoms with Crippen LogP contribution in [-0.4, -0.2) is 26.1 Å². The summed E-state index contributed by atoms with van der Waals surface area (Å²) in [5, 5.41) is 4.84. The molecular formula is C18H20BrNO4S. The second kappa shape index (κ2) is 9.58. The average Bonchev–Trinajstić information content (AvgIpc) is 3.14. The van der Waals surface area contributed by atoms with Gasteiger partial charge in [0.05, 0.1) is 31.2 Å². The zero-order chi connectivity index (χ0) is 18.2. The number of carbonyl (C=O) groups is 2. The van der Waals surface area contributed by atoms with Gasteiger partial charge in [-0.25, -0.2) is 0 Å². The number of carbonyl (C=O) groups excluding carboxylic acids is 2. The maximum Gasteiger partial charge on any atom is 0.307 e. The zero-order valence-electron chi connectivity index (χ0n) is 14.1. The van der Waals surface area contributed by atoms with Crippen LogP contribution in [0.25, 0.3) is 0 Å². The number of esters is 1. The molecule has 2 aromatic rings. The largest absolute Gasteiger partial charge is 0.496 e. The maximum atomic E-state index is 12.3. The lowest BCUT2D eigenvalue weighted by Crippen LogP contribution is -2.30. The molecule has 0 saturated heterocycles. The van der Waals surface area contributed by atoms with E-state index in [1.807, 2.05) is 35.7 Å². The highest BCUT2D eigenvalue weighted by Crippen LogP contribution is 2.26. The van der Waals surface area contributed by atoms with E-state index >= 15 is 0 Å². The Balaban J connectivity index is 1.94. The molecule has 7 heteroatoms. The molecule has 0 radical (unpaired) electrons. The molecule has 0 aliphatic heterocycles. The topological polar surface area (TPSA) is 64.6 Å². The molecule has 0 aliphatic rings. The van der Waals surface area contributed by atoms with E-state index in [0.29, 0.717) is 12.8 Å². The van der Waals surface area contributed by atoms with Crippen molar-refractivity contribution in [3.05, 3.63) is 50.6 Å². The summed E-state index contributed by atoms with van der Waals surface area (Å²) < 4.78 is 10.8. The fraction of sp³-hybridized carbons (Fsp3) is 0.333. The summed E-state index contributed by atoms with van der Waals surface area (Å²) in [5.74, 6) is 0.302. The summed E-state index contributed by atoms with van der Waals surface area (Å²) in [6.45, 7) is 0. The van der Waals surface area contributed by atoms with E-state index < -0.39 is 0 Å². The van der Waals surface area contributed by atoms with Gasteiger partial charge in [0.2, 0.25) is 5.91 Å². The molecule has 1 heterocycles. The SMILES string of the molecule is COC(=O)CC(NC(=O)CCc1ccc(OC)c(Br)c1)c1cccs1. The number of amides is 1.